The summed E-state index contributed by atoms with van der Waals surface area (Å²) < 4.78 is 64.1. The number of benzene rings is 3. The fourth-order valence-corrected chi connectivity index (χ4v) is 5.42. The third-order valence-corrected chi connectivity index (χ3v) is 7.53. The molecule has 0 bridgehead atoms. The highest BCUT2D eigenvalue weighted by Gasteiger charge is 2.27. The Morgan fingerprint density at radius 1 is 0.711 bits per heavy atom. The molecule has 3 aromatic rings. The molecule has 0 amide bonds. The van der Waals surface area contributed by atoms with Crippen LogP contribution >= 0.6 is 0 Å². The van der Waals surface area contributed by atoms with Gasteiger partial charge in [-0.25, -0.2) is 13.2 Å². The zero-order valence-electron chi connectivity index (χ0n) is 22.2. The first kappa shape index (κ1) is 27.9. The van der Waals surface area contributed by atoms with Gasteiger partial charge >= 0.3 is 0 Å². The molecule has 1 fully saturated rings. The minimum absolute atomic E-state index is 0.0910. The van der Waals surface area contributed by atoms with Crippen LogP contribution in [0.5, 0.6) is 5.75 Å². The summed E-state index contributed by atoms with van der Waals surface area (Å²) in [6.07, 6.45) is 12.1. The number of hydrogen-bond donors (Lipinski definition) is 0. The van der Waals surface area contributed by atoms with Gasteiger partial charge in [-0.2, -0.15) is 4.39 Å². The van der Waals surface area contributed by atoms with E-state index in [-0.39, 0.29) is 29.4 Å². The maximum atomic E-state index is 15.1. The van der Waals surface area contributed by atoms with Gasteiger partial charge in [0.1, 0.15) is 0 Å². The van der Waals surface area contributed by atoms with E-state index in [0.29, 0.717) is 11.5 Å². The molecule has 0 saturated heterocycles. The van der Waals surface area contributed by atoms with Gasteiger partial charge in [0.25, 0.3) is 0 Å². The summed E-state index contributed by atoms with van der Waals surface area (Å²) in [5, 5.41) is 0. The number of rotatable bonds is 10. The Kier molecular flexibility index (Phi) is 9.65. The van der Waals surface area contributed by atoms with Crippen molar-refractivity contribution in [2.24, 2.45) is 5.92 Å². The van der Waals surface area contributed by atoms with Crippen molar-refractivity contribution in [2.45, 2.75) is 71.1 Å². The SMILES string of the molecule is CCCc1ccc(CCC=CC2CCC(c3ccc(-c4ccc(OCC)c(F)c4F)c(F)c3F)CC2)cc1. The van der Waals surface area contributed by atoms with Crippen molar-refractivity contribution in [3.63, 3.8) is 0 Å². The highest BCUT2D eigenvalue weighted by atomic mass is 19.2. The van der Waals surface area contributed by atoms with Crippen molar-refractivity contribution < 1.29 is 22.3 Å². The zero-order valence-corrected chi connectivity index (χ0v) is 22.2. The van der Waals surface area contributed by atoms with Crippen LogP contribution in [0.4, 0.5) is 17.6 Å². The fourth-order valence-electron chi connectivity index (χ4n) is 5.42. The van der Waals surface area contributed by atoms with Crippen molar-refractivity contribution in [1.29, 1.82) is 0 Å². The Morgan fingerprint density at radius 2 is 1.32 bits per heavy atom. The molecule has 0 heterocycles. The van der Waals surface area contributed by atoms with Crippen molar-refractivity contribution >= 4 is 0 Å². The summed E-state index contributed by atoms with van der Waals surface area (Å²) in [4.78, 5) is 0. The lowest BCUT2D eigenvalue weighted by Crippen LogP contribution is -2.14. The molecule has 5 heteroatoms. The molecule has 0 aliphatic heterocycles. The number of allylic oxidation sites excluding steroid dienone is 2. The Morgan fingerprint density at radius 3 is 1.95 bits per heavy atom. The Bertz CT molecular complexity index is 1240. The fraction of sp³-hybridized carbons (Fsp3) is 0.394. The molecule has 0 unspecified atom stereocenters. The van der Waals surface area contributed by atoms with Gasteiger partial charge in [-0.3, -0.25) is 0 Å². The van der Waals surface area contributed by atoms with Gasteiger partial charge < -0.3 is 4.74 Å². The molecule has 0 atom stereocenters. The van der Waals surface area contributed by atoms with Crippen LogP contribution < -0.4 is 4.74 Å². The molecule has 0 aromatic heterocycles. The summed E-state index contributed by atoms with van der Waals surface area (Å²) in [5.74, 6) is -4.47. The lowest BCUT2D eigenvalue weighted by molar-refractivity contribution is 0.314. The van der Waals surface area contributed by atoms with E-state index in [2.05, 4.69) is 43.3 Å². The molecular weight excluding hydrogens is 488 g/mol. The highest BCUT2D eigenvalue weighted by molar-refractivity contribution is 5.66. The number of ether oxygens (including phenoxy) is 1. The first-order chi connectivity index (χ1) is 18.4. The highest BCUT2D eigenvalue weighted by Crippen LogP contribution is 2.40. The molecule has 1 nitrogen and oxygen atoms in total. The zero-order chi connectivity index (χ0) is 27.1. The molecule has 3 aromatic carbocycles. The summed E-state index contributed by atoms with van der Waals surface area (Å²) in [7, 11) is 0. The second-order valence-electron chi connectivity index (χ2n) is 10.1. The predicted octanol–water partition coefficient (Wildman–Crippen LogP) is 9.72. The lowest BCUT2D eigenvalue weighted by Gasteiger charge is -2.27. The van der Waals surface area contributed by atoms with Crippen LogP contribution in [-0.2, 0) is 12.8 Å². The van der Waals surface area contributed by atoms with E-state index in [1.807, 2.05) is 0 Å². The molecule has 4 rings (SSSR count). The number of hydrogen-bond acceptors (Lipinski definition) is 1. The Hall–Kier alpha value is -3.08. The van der Waals surface area contributed by atoms with Gasteiger partial charge in [0.05, 0.1) is 6.61 Å². The Labute approximate surface area is 223 Å². The average molecular weight is 525 g/mol. The van der Waals surface area contributed by atoms with Crippen molar-refractivity contribution in [2.75, 3.05) is 6.61 Å². The van der Waals surface area contributed by atoms with E-state index in [1.54, 1.807) is 6.92 Å². The summed E-state index contributed by atoms with van der Waals surface area (Å²) in [6.45, 7) is 4.00. The number of halogens is 4. The third kappa shape index (κ3) is 6.48. The molecular formula is C33H36F4O. The first-order valence-corrected chi connectivity index (χ1v) is 13.8. The first-order valence-electron chi connectivity index (χ1n) is 13.8. The van der Waals surface area contributed by atoms with Crippen LogP contribution in [0.25, 0.3) is 11.1 Å². The smallest absolute Gasteiger partial charge is 0.201 e. The predicted molar refractivity (Wildman–Crippen MR) is 145 cm³/mol. The molecule has 38 heavy (non-hydrogen) atoms. The van der Waals surface area contributed by atoms with Gasteiger partial charge in [-0.15, -0.1) is 0 Å². The molecule has 1 aliphatic carbocycles. The lowest BCUT2D eigenvalue weighted by atomic mass is 9.78. The second-order valence-corrected chi connectivity index (χ2v) is 10.1. The number of aryl methyl sites for hydroxylation is 2. The largest absolute Gasteiger partial charge is 0.491 e. The normalized spacial score (nSPS) is 17.7. The van der Waals surface area contributed by atoms with E-state index < -0.39 is 23.3 Å². The van der Waals surface area contributed by atoms with Gasteiger partial charge in [0.15, 0.2) is 23.2 Å². The van der Waals surface area contributed by atoms with Crippen LogP contribution in [-0.4, -0.2) is 6.61 Å². The summed E-state index contributed by atoms with van der Waals surface area (Å²) >= 11 is 0. The maximum Gasteiger partial charge on any atom is 0.201 e. The van der Waals surface area contributed by atoms with Gasteiger partial charge in [0, 0.05) is 11.1 Å². The molecule has 1 aliphatic rings. The monoisotopic (exact) mass is 524 g/mol. The van der Waals surface area contributed by atoms with Crippen LogP contribution in [0.2, 0.25) is 0 Å². The summed E-state index contributed by atoms with van der Waals surface area (Å²) in [5.41, 5.74) is 2.42. The van der Waals surface area contributed by atoms with Crippen LogP contribution in [0.3, 0.4) is 0 Å². The minimum Gasteiger partial charge on any atom is -0.491 e. The van der Waals surface area contributed by atoms with Crippen LogP contribution in [0.15, 0.2) is 60.7 Å². The summed E-state index contributed by atoms with van der Waals surface area (Å²) in [6, 6.07) is 14.2. The molecule has 0 radical (unpaired) electrons. The van der Waals surface area contributed by atoms with E-state index in [0.717, 1.165) is 51.4 Å². The van der Waals surface area contributed by atoms with E-state index >= 15 is 8.78 Å². The maximum absolute atomic E-state index is 15.1. The second kappa shape index (κ2) is 13.1. The van der Waals surface area contributed by atoms with Gasteiger partial charge in [-0.1, -0.05) is 61.9 Å². The topological polar surface area (TPSA) is 9.23 Å². The van der Waals surface area contributed by atoms with E-state index in [4.69, 9.17) is 4.74 Å². The quantitative estimate of drug-likeness (QED) is 0.189. The molecule has 0 N–H and O–H groups in total. The van der Waals surface area contributed by atoms with Gasteiger partial charge in [0.2, 0.25) is 5.82 Å². The minimum atomic E-state index is -1.25. The molecule has 1 saturated carbocycles. The average Bonchev–Trinajstić information content (AvgIpc) is 2.93. The molecule has 0 spiro atoms. The molecule has 202 valence electrons. The third-order valence-electron chi connectivity index (χ3n) is 7.53. The van der Waals surface area contributed by atoms with Crippen molar-refractivity contribution in [3.8, 4) is 16.9 Å². The van der Waals surface area contributed by atoms with Crippen LogP contribution in [0, 0.1) is 29.2 Å². The van der Waals surface area contributed by atoms with Crippen molar-refractivity contribution in [1.82, 2.24) is 0 Å². The van der Waals surface area contributed by atoms with E-state index in [9.17, 15) is 8.78 Å². The Balaban J connectivity index is 1.34. The van der Waals surface area contributed by atoms with Crippen LogP contribution in [0.1, 0.15) is 75.0 Å². The van der Waals surface area contributed by atoms with Crippen molar-refractivity contribution in [3.05, 3.63) is 101 Å². The van der Waals surface area contributed by atoms with E-state index in [1.165, 1.54) is 35.4 Å². The van der Waals surface area contributed by atoms with Gasteiger partial charge in [-0.05, 0) is 92.5 Å². The standard InChI is InChI=1S/C33H36F4O/c1-3-7-22-10-12-23(13-11-22)8-5-6-9-24-14-16-25(17-15-24)26-18-19-27(31(35)30(26)34)28-20-21-29(38-4-2)33(37)32(28)36/h6,9-13,18-21,24-25H,3-5,7-8,14-17H2,1-2H3.